The zero-order chi connectivity index (χ0) is 20.1. The van der Waals surface area contributed by atoms with Crippen LogP contribution >= 0.6 is 0 Å². The van der Waals surface area contributed by atoms with Gasteiger partial charge >= 0.3 is 0 Å². The highest BCUT2D eigenvalue weighted by Gasteiger charge is 2.18. The fourth-order valence-electron chi connectivity index (χ4n) is 2.67. The minimum atomic E-state index is -0.901. The lowest BCUT2D eigenvalue weighted by Crippen LogP contribution is -2.31. The van der Waals surface area contributed by atoms with E-state index < -0.39 is 17.5 Å². The highest BCUT2D eigenvalue weighted by atomic mass is 19.1. The topological polar surface area (TPSA) is 62.3 Å². The van der Waals surface area contributed by atoms with Gasteiger partial charge in [-0.05, 0) is 43.3 Å². The quantitative estimate of drug-likeness (QED) is 0.718. The minimum absolute atomic E-state index is 0.0568. The van der Waals surface area contributed by atoms with E-state index in [0.29, 0.717) is 12.6 Å². The van der Waals surface area contributed by atoms with Gasteiger partial charge in [0.05, 0.1) is 5.69 Å². The SMILES string of the molecule is CCN(C(=O)c1ccnc(C(=O)Nc2ccc(F)cc2F)c1)c1ccccc1. The number of hydrogen-bond acceptors (Lipinski definition) is 3. The molecule has 2 amide bonds. The molecule has 7 heteroatoms. The van der Waals surface area contributed by atoms with Crippen molar-refractivity contribution in [1.29, 1.82) is 0 Å². The summed E-state index contributed by atoms with van der Waals surface area (Å²) in [6, 6.07) is 14.8. The van der Waals surface area contributed by atoms with E-state index in [1.54, 1.807) is 4.90 Å². The monoisotopic (exact) mass is 381 g/mol. The Morgan fingerprint density at radius 3 is 2.46 bits per heavy atom. The predicted octanol–water partition coefficient (Wildman–Crippen LogP) is 4.28. The van der Waals surface area contributed by atoms with Gasteiger partial charge in [-0.2, -0.15) is 0 Å². The predicted molar refractivity (Wildman–Crippen MR) is 102 cm³/mol. The summed E-state index contributed by atoms with van der Waals surface area (Å²) < 4.78 is 26.7. The van der Waals surface area contributed by atoms with E-state index in [0.717, 1.165) is 17.8 Å². The molecule has 1 heterocycles. The lowest BCUT2D eigenvalue weighted by atomic mass is 10.1. The van der Waals surface area contributed by atoms with Crippen LogP contribution in [0.4, 0.5) is 20.2 Å². The van der Waals surface area contributed by atoms with Crippen LogP contribution in [0.5, 0.6) is 0 Å². The first-order chi connectivity index (χ1) is 13.5. The fraction of sp³-hybridized carbons (Fsp3) is 0.0952. The molecular weight excluding hydrogens is 364 g/mol. The van der Waals surface area contributed by atoms with E-state index >= 15 is 0 Å². The van der Waals surface area contributed by atoms with Gasteiger partial charge in [0.1, 0.15) is 17.3 Å². The van der Waals surface area contributed by atoms with Gasteiger partial charge in [-0.1, -0.05) is 18.2 Å². The molecule has 0 bridgehead atoms. The first kappa shape index (κ1) is 19.2. The first-order valence-electron chi connectivity index (χ1n) is 8.59. The number of anilines is 2. The van der Waals surface area contributed by atoms with E-state index in [1.807, 2.05) is 37.3 Å². The van der Waals surface area contributed by atoms with Gasteiger partial charge in [0, 0.05) is 30.1 Å². The molecule has 0 saturated carbocycles. The summed E-state index contributed by atoms with van der Waals surface area (Å²) in [7, 11) is 0. The van der Waals surface area contributed by atoms with Gasteiger partial charge in [-0.15, -0.1) is 0 Å². The van der Waals surface area contributed by atoms with Crippen LogP contribution in [0.3, 0.4) is 0 Å². The van der Waals surface area contributed by atoms with Crippen molar-refractivity contribution in [2.45, 2.75) is 6.92 Å². The van der Waals surface area contributed by atoms with Crippen molar-refractivity contribution in [3.8, 4) is 0 Å². The number of aromatic nitrogens is 1. The van der Waals surface area contributed by atoms with Crippen LogP contribution in [0, 0.1) is 11.6 Å². The van der Waals surface area contributed by atoms with Crippen molar-refractivity contribution in [2.75, 3.05) is 16.8 Å². The average molecular weight is 381 g/mol. The van der Waals surface area contributed by atoms with Gasteiger partial charge in [-0.3, -0.25) is 14.6 Å². The van der Waals surface area contributed by atoms with E-state index in [9.17, 15) is 18.4 Å². The Hall–Kier alpha value is -3.61. The van der Waals surface area contributed by atoms with Gasteiger partial charge in [0.15, 0.2) is 0 Å². The Labute approximate surface area is 160 Å². The number of para-hydroxylation sites is 1. The maximum Gasteiger partial charge on any atom is 0.274 e. The largest absolute Gasteiger partial charge is 0.318 e. The summed E-state index contributed by atoms with van der Waals surface area (Å²) in [5, 5.41) is 2.33. The lowest BCUT2D eigenvalue weighted by Gasteiger charge is -2.21. The number of hydrogen-bond donors (Lipinski definition) is 1. The maximum absolute atomic E-state index is 13.7. The van der Waals surface area contributed by atoms with Crippen LogP contribution in [0.15, 0.2) is 66.9 Å². The molecule has 1 aromatic heterocycles. The van der Waals surface area contributed by atoms with Gasteiger partial charge in [-0.25, -0.2) is 8.78 Å². The maximum atomic E-state index is 13.7. The molecular formula is C21H17F2N3O2. The van der Waals surface area contributed by atoms with Crippen LogP contribution < -0.4 is 10.2 Å². The molecule has 0 radical (unpaired) electrons. The molecule has 0 unspecified atom stereocenters. The normalized spacial score (nSPS) is 10.4. The Morgan fingerprint density at radius 2 is 1.79 bits per heavy atom. The molecule has 5 nitrogen and oxygen atoms in total. The van der Waals surface area contributed by atoms with Crippen molar-refractivity contribution in [3.63, 3.8) is 0 Å². The summed E-state index contributed by atoms with van der Waals surface area (Å²) in [5.41, 5.74) is 0.764. The van der Waals surface area contributed by atoms with Crippen molar-refractivity contribution in [3.05, 3.63) is 89.8 Å². The molecule has 0 aliphatic rings. The second-order valence-electron chi connectivity index (χ2n) is 5.89. The van der Waals surface area contributed by atoms with Crippen LogP contribution in [0.1, 0.15) is 27.8 Å². The molecule has 2 aromatic carbocycles. The van der Waals surface area contributed by atoms with Crippen molar-refractivity contribution in [1.82, 2.24) is 4.98 Å². The molecule has 0 saturated heterocycles. The first-order valence-corrected chi connectivity index (χ1v) is 8.59. The van der Waals surface area contributed by atoms with Gasteiger partial charge in [0.25, 0.3) is 11.8 Å². The third-order valence-corrected chi connectivity index (χ3v) is 4.05. The number of pyridine rings is 1. The molecule has 0 aliphatic carbocycles. The second-order valence-corrected chi connectivity index (χ2v) is 5.89. The van der Waals surface area contributed by atoms with Crippen molar-refractivity contribution >= 4 is 23.2 Å². The highest BCUT2D eigenvalue weighted by Crippen LogP contribution is 2.18. The molecule has 3 rings (SSSR count). The number of carbonyl (C=O) groups excluding carboxylic acids is 2. The zero-order valence-electron chi connectivity index (χ0n) is 15.0. The molecule has 142 valence electrons. The molecule has 0 aliphatic heterocycles. The van der Waals surface area contributed by atoms with Gasteiger partial charge in [0.2, 0.25) is 0 Å². The standard InChI is InChI=1S/C21H17F2N3O2/c1-2-26(16-6-4-3-5-7-16)21(28)14-10-11-24-19(12-14)20(27)25-18-9-8-15(22)13-17(18)23/h3-13H,2H2,1H3,(H,25,27). The lowest BCUT2D eigenvalue weighted by molar-refractivity contribution is 0.0988. The number of nitrogens with zero attached hydrogens (tertiary/aromatic N) is 2. The van der Waals surface area contributed by atoms with E-state index in [2.05, 4.69) is 10.3 Å². The van der Waals surface area contributed by atoms with Crippen LogP contribution in [0.2, 0.25) is 0 Å². The third kappa shape index (κ3) is 4.20. The second kappa shape index (κ2) is 8.39. The van der Waals surface area contributed by atoms with E-state index in [-0.39, 0.29) is 22.9 Å². The van der Waals surface area contributed by atoms with Gasteiger partial charge < -0.3 is 10.2 Å². The Bertz CT molecular complexity index is 1010. The number of amides is 2. The zero-order valence-corrected chi connectivity index (χ0v) is 15.0. The molecule has 0 spiro atoms. The average Bonchev–Trinajstić information content (AvgIpc) is 2.71. The number of halogens is 2. The smallest absolute Gasteiger partial charge is 0.274 e. The molecule has 0 fully saturated rings. The Balaban J connectivity index is 1.83. The molecule has 28 heavy (non-hydrogen) atoms. The van der Waals surface area contributed by atoms with E-state index in [1.165, 1.54) is 18.3 Å². The number of nitrogens with one attached hydrogen (secondary N) is 1. The summed E-state index contributed by atoms with van der Waals surface area (Å²) in [5.74, 6) is -2.65. The minimum Gasteiger partial charge on any atom is -0.318 e. The van der Waals surface area contributed by atoms with Crippen LogP contribution in [-0.2, 0) is 0 Å². The Morgan fingerprint density at radius 1 is 1.04 bits per heavy atom. The summed E-state index contributed by atoms with van der Waals surface area (Å²) >= 11 is 0. The van der Waals surface area contributed by atoms with Crippen molar-refractivity contribution in [2.24, 2.45) is 0 Å². The third-order valence-electron chi connectivity index (χ3n) is 4.05. The van der Waals surface area contributed by atoms with Crippen LogP contribution in [0.25, 0.3) is 0 Å². The molecule has 1 N–H and O–H groups in total. The summed E-state index contributed by atoms with van der Waals surface area (Å²) in [6.07, 6.45) is 1.34. The molecule has 3 aromatic rings. The number of carbonyl (C=O) groups is 2. The Kier molecular flexibility index (Phi) is 5.74. The highest BCUT2D eigenvalue weighted by molar-refractivity contribution is 6.08. The summed E-state index contributed by atoms with van der Waals surface area (Å²) in [6.45, 7) is 2.28. The fourth-order valence-corrected chi connectivity index (χ4v) is 2.67. The molecule has 0 atom stereocenters. The summed E-state index contributed by atoms with van der Waals surface area (Å²) in [4.78, 5) is 30.8. The number of rotatable bonds is 5. The van der Waals surface area contributed by atoms with E-state index in [4.69, 9.17) is 0 Å². The number of benzene rings is 2. The van der Waals surface area contributed by atoms with Crippen LogP contribution in [-0.4, -0.2) is 23.3 Å². The van der Waals surface area contributed by atoms with Crippen molar-refractivity contribution < 1.29 is 18.4 Å².